The molecule has 0 heterocycles. The van der Waals surface area contributed by atoms with E-state index in [1.807, 2.05) is 0 Å². The first-order chi connectivity index (χ1) is 11.2. The van der Waals surface area contributed by atoms with Crippen molar-refractivity contribution in [2.75, 3.05) is 19.4 Å². The molecule has 8 heteroatoms. The van der Waals surface area contributed by atoms with Crippen molar-refractivity contribution in [3.63, 3.8) is 0 Å². The van der Waals surface area contributed by atoms with Crippen LogP contribution in [0.2, 0.25) is 5.02 Å². The summed E-state index contributed by atoms with van der Waals surface area (Å²) < 4.78 is 39.0. The van der Waals surface area contributed by atoms with E-state index in [0.29, 0.717) is 5.69 Å². The number of nitrogens with zero attached hydrogens (tertiary/aromatic N) is 1. The van der Waals surface area contributed by atoms with Crippen LogP contribution in [0.5, 0.6) is 0 Å². The molecule has 0 aliphatic carbocycles. The Hall–Kier alpha value is -1.96. The summed E-state index contributed by atoms with van der Waals surface area (Å²) >= 11 is 5.89. The Morgan fingerprint density at radius 3 is 2.50 bits per heavy atom. The topological polar surface area (TPSA) is 66.5 Å². The number of halogens is 2. The van der Waals surface area contributed by atoms with E-state index in [1.54, 1.807) is 6.07 Å². The second kappa shape index (κ2) is 7.29. The third-order valence-corrected chi connectivity index (χ3v) is 5.46. The van der Waals surface area contributed by atoms with Gasteiger partial charge in [0.1, 0.15) is 5.82 Å². The first-order valence-corrected chi connectivity index (χ1v) is 8.79. The molecule has 0 fully saturated rings. The van der Waals surface area contributed by atoms with Crippen molar-refractivity contribution < 1.29 is 17.6 Å². The number of anilines is 1. The highest BCUT2D eigenvalue weighted by Crippen LogP contribution is 2.21. The summed E-state index contributed by atoms with van der Waals surface area (Å²) in [5.74, 6) is -1.07. The number of sulfonamides is 1. The van der Waals surface area contributed by atoms with E-state index in [9.17, 15) is 17.6 Å². The number of hydrogen-bond donors (Lipinski definition) is 1. The second-order valence-corrected chi connectivity index (χ2v) is 7.80. The Morgan fingerprint density at radius 1 is 1.21 bits per heavy atom. The molecule has 0 aliphatic rings. The average Bonchev–Trinajstić information content (AvgIpc) is 2.51. The Kier molecular flexibility index (Phi) is 5.58. The molecule has 0 saturated heterocycles. The number of carbonyl (C=O) groups excluding carboxylic acids is 1. The van der Waals surface area contributed by atoms with E-state index in [1.165, 1.54) is 50.5 Å². The van der Waals surface area contributed by atoms with Gasteiger partial charge < -0.3 is 5.32 Å². The van der Waals surface area contributed by atoms with Gasteiger partial charge in [-0.25, -0.2) is 17.1 Å². The zero-order valence-electron chi connectivity index (χ0n) is 13.1. The number of rotatable bonds is 5. The lowest BCUT2D eigenvalue weighted by Gasteiger charge is -2.13. The molecule has 0 bridgehead atoms. The van der Waals surface area contributed by atoms with Crippen molar-refractivity contribution in [3.8, 4) is 0 Å². The molecule has 2 aromatic rings. The zero-order chi connectivity index (χ0) is 17.9. The van der Waals surface area contributed by atoms with Gasteiger partial charge >= 0.3 is 0 Å². The van der Waals surface area contributed by atoms with Crippen molar-refractivity contribution in [1.29, 1.82) is 0 Å². The minimum Gasteiger partial charge on any atom is -0.326 e. The van der Waals surface area contributed by atoms with E-state index in [0.717, 1.165) is 4.31 Å². The predicted molar refractivity (Wildman–Crippen MR) is 91.1 cm³/mol. The number of amides is 1. The molecule has 2 aromatic carbocycles. The lowest BCUT2D eigenvalue weighted by atomic mass is 10.1. The van der Waals surface area contributed by atoms with Crippen LogP contribution < -0.4 is 5.32 Å². The molecule has 2 rings (SSSR count). The molecular weight excluding hydrogens is 355 g/mol. The summed E-state index contributed by atoms with van der Waals surface area (Å²) in [4.78, 5) is 12.1. The summed E-state index contributed by atoms with van der Waals surface area (Å²) in [6.45, 7) is 0. The SMILES string of the molecule is CN(C)S(=O)(=O)c1cccc(NC(=O)Cc2c(F)cccc2Cl)c1. The van der Waals surface area contributed by atoms with E-state index in [4.69, 9.17) is 11.6 Å². The summed E-state index contributed by atoms with van der Waals surface area (Å²) in [6.07, 6.45) is -0.254. The van der Waals surface area contributed by atoms with Crippen molar-refractivity contribution >= 4 is 33.2 Å². The van der Waals surface area contributed by atoms with Crippen molar-refractivity contribution in [1.82, 2.24) is 4.31 Å². The number of benzene rings is 2. The van der Waals surface area contributed by atoms with Gasteiger partial charge in [0.2, 0.25) is 15.9 Å². The third kappa shape index (κ3) is 4.11. The average molecular weight is 371 g/mol. The highest BCUT2D eigenvalue weighted by Gasteiger charge is 2.18. The Labute approximate surface area is 145 Å². The summed E-state index contributed by atoms with van der Waals surface area (Å²) in [7, 11) is -0.772. The highest BCUT2D eigenvalue weighted by molar-refractivity contribution is 7.89. The van der Waals surface area contributed by atoms with Crippen LogP contribution in [0.4, 0.5) is 10.1 Å². The quantitative estimate of drug-likeness (QED) is 0.880. The molecule has 24 heavy (non-hydrogen) atoms. The van der Waals surface area contributed by atoms with Gasteiger partial charge in [-0.3, -0.25) is 4.79 Å². The third-order valence-electron chi connectivity index (χ3n) is 3.30. The highest BCUT2D eigenvalue weighted by atomic mass is 35.5. The van der Waals surface area contributed by atoms with Crippen LogP contribution >= 0.6 is 11.6 Å². The maximum Gasteiger partial charge on any atom is 0.242 e. The Bertz CT molecular complexity index is 849. The summed E-state index contributed by atoms with van der Waals surface area (Å²) in [5, 5.41) is 2.71. The molecule has 0 aromatic heterocycles. The summed E-state index contributed by atoms with van der Waals surface area (Å²) in [5.41, 5.74) is 0.393. The van der Waals surface area contributed by atoms with E-state index in [-0.39, 0.29) is 21.9 Å². The fourth-order valence-electron chi connectivity index (χ4n) is 2.01. The molecule has 128 valence electrons. The van der Waals surface area contributed by atoms with Crippen LogP contribution in [0.15, 0.2) is 47.4 Å². The van der Waals surface area contributed by atoms with Crippen LogP contribution in [-0.4, -0.2) is 32.7 Å². The zero-order valence-corrected chi connectivity index (χ0v) is 14.7. The minimum absolute atomic E-state index is 0.0502. The smallest absolute Gasteiger partial charge is 0.242 e. The van der Waals surface area contributed by atoms with Crippen LogP contribution in [0.3, 0.4) is 0 Å². The first kappa shape index (κ1) is 18.4. The lowest BCUT2D eigenvalue weighted by Crippen LogP contribution is -2.22. The fraction of sp³-hybridized carbons (Fsp3) is 0.188. The number of hydrogen-bond acceptors (Lipinski definition) is 3. The molecule has 0 radical (unpaired) electrons. The van der Waals surface area contributed by atoms with Gasteiger partial charge in [-0.05, 0) is 30.3 Å². The lowest BCUT2D eigenvalue weighted by molar-refractivity contribution is -0.115. The van der Waals surface area contributed by atoms with Gasteiger partial charge in [0.05, 0.1) is 11.3 Å². The van der Waals surface area contributed by atoms with Crippen LogP contribution in [0.1, 0.15) is 5.56 Å². The molecule has 0 saturated carbocycles. The first-order valence-electron chi connectivity index (χ1n) is 6.97. The van der Waals surface area contributed by atoms with Crippen molar-refractivity contribution in [2.45, 2.75) is 11.3 Å². The van der Waals surface area contributed by atoms with Crippen molar-refractivity contribution in [2.24, 2.45) is 0 Å². The van der Waals surface area contributed by atoms with E-state index >= 15 is 0 Å². The minimum atomic E-state index is -3.61. The van der Waals surface area contributed by atoms with Gasteiger partial charge in [-0.1, -0.05) is 23.7 Å². The number of carbonyl (C=O) groups is 1. The van der Waals surface area contributed by atoms with E-state index < -0.39 is 21.7 Å². The maximum absolute atomic E-state index is 13.7. The fourth-order valence-corrected chi connectivity index (χ4v) is 3.19. The van der Waals surface area contributed by atoms with Gasteiger partial charge in [-0.2, -0.15) is 0 Å². The predicted octanol–water partition coefficient (Wildman–Crippen LogP) is 2.91. The second-order valence-electron chi connectivity index (χ2n) is 5.24. The monoisotopic (exact) mass is 370 g/mol. The standard InChI is InChI=1S/C16H16ClFN2O3S/c1-20(2)24(22,23)12-6-3-5-11(9-12)19-16(21)10-13-14(17)7-4-8-15(13)18/h3-9H,10H2,1-2H3,(H,19,21). The molecule has 0 atom stereocenters. The molecule has 0 unspecified atom stereocenters. The van der Waals surface area contributed by atoms with Crippen molar-refractivity contribution in [3.05, 3.63) is 58.9 Å². The van der Waals surface area contributed by atoms with Gasteiger partial charge in [0.25, 0.3) is 0 Å². The van der Waals surface area contributed by atoms with Gasteiger partial charge in [0.15, 0.2) is 0 Å². The summed E-state index contributed by atoms with van der Waals surface area (Å²) in [6, 6.07) is 10.0. The molecule has 0 spiro atoms. The Balaban J connectivity index is 2.19. The number of nitrogens with one attached hydrogen (secondary N) is 1. The van der Waals surface area contributed by atoms with Crippen LogP contribution in [0.25, 0.3) is 0 Å². The molecule has 5 nitrogen and oxygen atoms in total. The van der Waals surface area contributed by atoms with Gasteiger partial charge in [0, 0.05) is 30.4 Å². The van der Waals surface area contributed by atoms with Gasteiger partial charge in [-0.15, -0.1) is 0 Å². The molecule has 1 amide bonds. The molecule has 1 N–H and O–H groups in total. The normalized spacial score (nSPS) is 11.5. The van der Waals surface area contributed by atoms with Crippen LogP contribution in [-0.2, 0) is 21.2 Å². The molecule has 0 aliphatic heterocycles. The van der Waals surface area contributed by atoms with E-state index in [2.05, 4.69) is 5.32 Å². The largest absolute Gasteiger partial charge is 0.326 e. The van der Waals surface area contributed by atoms with Crippen LogP contribution in [0, 0.1) is 5.82 Å². The maximum atomic E-state index is 13.7. The Morgan fingerprint density at radius 2 is 1.88 bits per heavy atom. The molecular formula is C16H16ClFN2O3S.